The third-order valence-electron chi connectivity index (χ3n) is 1.90. The van der Waals surface area contributed by atoms with Crippen molar-refractivity contribution in [1.82, 2.24) is 0 Å². The van der Waals surface area contributed by atoms with Gasteiger partial charge in [0.2, 0.25) is 0 Å². The highest BCUT2D eigenvalue weighted by Crippen LogP contribution is 2.21. The second-order valence-electron chi connectivity index (χ2n) is 2.77. The van der Waals surface area contributed by atoms with E-state index in [9.17, 15) is 4.79 Å². The van der Waals surface area contributed by atoms with E-state index in [2.05, 4.69) is 9.89 Å². The predicted molar refractivity (Wildman–Crippen MR) is 55.8 cm³/mol. The Kier molecular flexibility index (Phi) is 3.68. The number of carbonyl (C=O) groups is 1. The van der Waals surface area contributed by atoms with Gasteiger partial charge < -0.3 is 15.3 Å². The van der Waals surface area contributed by atoms with Gasteiger partial charge in [-0.3, -0.25) is 0 Å². The summed E-state index contributed by atoms with van der Waals surface area (Å²) < 4.78 is 4.62. The highest BCUT2D eigenvalue weighted by atomic mass is 16.6. The van der Waals surface area contributed by atoms with Crippen LogP contribution in [0.15, 0.2) is 23.4 Å². The summed E-state index contributed by atoms with van der Waals surface area (Å²) in [7, 11) is 1.33. The first-order chi connectivity index (χ1) is 7.20. The molecule has 0 aliphatic carbocycles. The predicted octanol–water partition coefficient (Wildman–Crippen LogP) is 1.06. The second kappa shape index (κ2) is 4.99. The number of oxime groups is 1. The lowest BCUT2D eigenvalue weighted by Crippen LogP contribution is -2.04. The van der Waals surface area contributed by atoms with Gasteiger partial charge in [-0.05, 0) is 19.1 Å². The van der Waals surface area contributed by atoms with Gasteiger partial charge in [0, 0.05) is 5.56 Å². The fourth-order valence-electron chi connectivity index (χ4n) is 1.13. The summed E-state index contributed by atoms with van der Waals surface area (Å²) in [4.78, 5) is 16.3. The molecular weight excluding hydrogens is 196 g/mol. The lowest BCUT2D eigenvalue weighted by Gasteiger charge is -2.06. The lowest BCUT2D eigenvalue weighted by atomic mass is 10.1. The smallest absolute Gasteiger partial charge is 0.338 e. The van der Waals surface area contributed by atoms with Crippen molar-refractivity contribution in [3.05, 3.63) is 29.3 Å². The van der Waals surface area contributed by atoms with E-state index in [1.165, 1.54) is 7.11 Å². The number of hydrogen-bond donors (Lipinski definition) is 1. The van der Waals surface area contributed by atoms with Crippen LogP contribution in [0.4, 0.5) is 0 Å². The van der Waals surface area contributed by atoms with Crippen molar-refractivity contribution in [2.24, 2.45) is 10.9 Å². The Morgan fingerprint density at radius 2 is 2.27 bits per heavy atom. The van der Waals surface area contributed by atoms with Crippen LogP contribution in [0.3, 0.4) is 0 Å². The minimum absolute atomic E-state index is 0.408. The van der Waals surface area contributed by atoms with E-state index >= 15 is 0 Å². The van der Waals surface area contributed by atoms with E-state index in [1.54, 1.807) is 25.1 Å². The summed E-state index contributed by atoms with van der Waals surface area (Å²) in [6.45, 7) is 1.74. The molecule has 0 fully saturated rings. The van der Waals surface area contributed by atoms with Crippen LogP contribution in [-0.2, 0) is 4.74 Å². The van der Waals surface area contributed by atoms with Crippen LogP contribution < -0.4 is 10.6 Å². The van der Waals surface area contributed by atoms with Gasteiger partial charge in [-0.2, -0.15) is 0 Å². The monoisotopic (exact) mass is 208 g/mol. The standard InChI is InChI=1S/C10H12N2O3/c1-7-8(10(13)14-2)4-3-5-9(7)15-12-6-11/h3-6H,1-2H3,(H2,11,12). The van der Waals surface area contributed by atoms with E-state index in [1.807, 2.05) is 0 Å². The molecular formula is C10H12N2O3. The first-order valence-electron chi connectivity index (χ1n) is 4.29. The fourth-order valence-corrected chi connectivity index (χ4v) is 1.13. The largest absolute Gasteiger partial charge is 0.465 e. The molecule has 1 aromatic carbocycles. The van der Waals surface area contributed by atoms with E-state index < -0.39 is 5.97 Å². The molecule has 0 unspecified atom stereocenters. The lowest BCUT2D eigenvalue weighted by molar-refractivity contribution is 0.0599. The minimum atomic E-state index is -0.408. The third-order valence-corrected chi connectivity index (χ3v) is 1.90. The molecule has 0 atom stereocenters. The zero-order valence-corrected chi connectivity index (χ0v) is 8.56. The molecule has 0 aliphatic rings. The molecule has 0 aliphatic heterocycles. The average molecular weight is 208 g/mol. The van der Waals surface area contributed by atoms with Crippen LogP contribution in [0.25, 0.3) is 0 Å². The van der Waals surface area contributed by atoms with Gasteiger partial charge in [-0.1, -0.05) is 11.2 Å². The molecule has 0 heterocycles. The van der Waals surface area contributed by atoms with Gasteiger partial charge in [0.1, 0.15) is 6.34 Å². The summed E-state index contributed by atoms with van der Waals surface area (Å²) in [5.41, 5.74) is 6.15. The summed E-state index contributed by atoms with van der Waals surface area (Å²) >= 11 is 0. The Bertz CT molecular complexity index is 388. The van der Waals surface area contributed by atoms with Crippen LogP contribution >= 0.6 is 0 Å². The van der Waals surface area contributed by atoms with Gasteiger partial charge >= 0.3 is 5.97 Å². The number of esters is 1. The molecule has 0 saturated carbocycles. The molecule has 15 heavy (non-hydrogen) atoms. The molecule has 0 aromatic heterocycles. The molecule has 5 heteroatoms. The van der Waals surface area contributed by atoms with Crippen LogP contribution in [0.1, 0.15) is 15.9 Å². The molecule has 0 saturated heterocycles. The molecule has 0 amide bonds. The zero-order chi connectivity index (χ0) is 11.3. The number of ether oxygens (including phenoxy) is 1. The van der Waals surface area contributed by atoms with Crippen molar-refractivity contribution in [2.45, 2.75) is 6.92 Å². The number of benzene rings is 1. The average Bonchev–Trinajstić information content (AvgIpc) is 2.27. The number of hydrogen-bond acceptors (Lipinski definition) is 4. The molecule has 0 radical (unpaired) electrons. The number of carbonyl (C=O) groups excluding carboxylic acids is 1. The first kappa shape index (κ1) is 11.0. The maximum absolute atomic E-state index is 11.3. The Balaban J connectivity index is 3.05. The van der Waals surface area contributed by atoms with Gasteiger partial charge in [0.05, 0.1) is 12.7 Å². The third kappa shape index (κ3) is 2.46. The quantitative estimate of drug-likeness (QED) is 0.349. The topological polar surface area (TPSA) is 73.9 Å². The summed E-state index contributed by atoms with van der Waals surface area (Å²) in [6.07, 6.45) is 1.03. The first-order valence-corrected chi connectivity index (χ1v) is 4.29. The van der Waals surface area contributed by atoms with Crippen LogP contribution in [0, 0.1) is 6.92 Å². The fraction of sp³-hybridized carbons (Fsp3) is 0.200. The minimum Gasteiger partial charge on any atom is -0.465 e. The second-order valence-corrected chi connectivity index (χ2v) is 2.77. The summed E-state index contributed by atoms with van der Waals surface area (Å²) in [6, 6.07) is 5.02. The molecule has 0 bridgehead atoms. The van der Waals surface area contributed by atoms with E-state index in [4.69, 9.17) is 10.6 Å². The highest BCUT2D eigenvalue weighted by molar-refractivity contribution is 5.91. The number of methoxy groups -OCH3 is 1. The van der Waals surface area contributed by atoms with E-state index in [0.717, 1.165) is 6.34 Å². The molecule has 2 N–H and O–H groups in total. The number of rotatable bonds is 3. The summed E-state index contributed by atoms with van der Waals surface area (Å²) in [5.74, 6) is 0.0641. The molecule has 0 spiro atoms. The number of nitrogens with zero attached hydrogens (tertiary/aromatic N) is 1. The zero-order valence-electron chi connectivity index (χ0n) is 8.56. The Morgan fingerprint density at radius 1 is 1.53 bits per heavy atom. The molecule has 1 rings (SSSR count). The Hall–Kier alpha value is -2.04. The maximum Gasteiger partial charge on any atom is 0.338 e. The van der Waals surface area contributed by atoms with Crippen molar-refractivity contribution >= 4 is 12.3 Å². The maximum atomic E-state index is 11.3. The van der Waals surface area contributed by atoms with E-state index in [0.29, 0.717) is 16.9 Å². The van der Waals surface area contributed by atoms with Crippen LogP contribution in [-0.4, -0.2) is 19.4 Å². The van der Waals surface area contributed by atoms with Crippen LogP contribution in [0.5, 0.6) is 5.75 Å². The van der Waals surface area contributed by atoms with Crippen molar-refractivity contribution in [3.8, 4) is 5.75 Å². The Labute approximate surface area is 87.5 Å². The van der Waals surface area contributed by atoms with Gasteiger partial charge in [0.25, 0.3) is 0 Å². The Morgan fingerprint density at radius 3 is 2.87 bits per heavy atom. The van der Waals surface area contributed by atoms with Crippen LogP contribution in [0.2, 0.25) is 0 Å². The van der Waals surface area contributed by atoms with Gasteiger partial charge in [-0.25, -0.2) is 4.79 Å². The molecule has 5 nitrogen and oxygen atoms in total. The molecule has 1 aromatic rings. The normalized spacial score (nSPS) is 10.3. The van der Waals surface area contributed by atoms with Gasteiger partial charge in [0.15, 0.2) is 5.75 Å². The van der Waals surface area contributed by atoms with Crippen molar-refractivity contribution in [2.75, 3.05) is 7.11 Å². The highest BCUT2D eigenvalue weighted by Gasteiger charge is 2.12. The van der Waals surface area contributed by atoms with Crippen molar-refractivity contribution in [1.29, 1.82) is 0 Å². The number of nitrogens with two attached hydrogens (primary N) is 1. The van der Waals surface area contributed by atoms with E-state index in [-0.39, 0.29) is 0 Å². The summed E-state index contributed by atoms with van der Waals surface area (Å²) in [5, 5.41) is 3.43. The molecule has 80 valence electrons. The SMILES string of the molecule is COC(=O)c1cccc(O/N=C/N)c1C. The van der Waals surface area contributed by atoms with Gasteiger partial charge in [-0.15, -0.1) is 0 Å². The van der Waals surface area contributed by atoms with Crippen molar-refractivity contribution in [3.63, 3.8) is 0 Å². The van der Waals surface area contributed by atoms with Crippen molar-refractivity contribution < 1.29 is 14.4 Å².